The standard InChI is InChI=1S/C16H23N3O4/c1-10(2)17-16(22)18-12-6-4-11(5-7-12)15-13(8-20)19(3)14(21)9-23-15/h4-7,10,13,15,20H,8-9H2,1-3H3,(H2,17,18,22)/t13-,15-/m1/s1. The van der Waals surface area contributed by atoms with Gasteiger partial charge in [0.15, 0.2) is 0 Å². The molecule has 23 heavy (non-hydrogen) atoms. The summed E-state index contributed by atoms with van der Waals surface area (Å²) in [6, 6.07) is 6.56. The summed E-state index contributed by atoms with van der Waals surface area (Å²) in [6.45, 7) is 3.59. The number of carbonyl (C=O) groups excluding carboxylic acids is 2. The van der Waals surface area contributed by atoms with Crippen molar-refractivity contribution in [3.05, 3.63) is 29.8 Å². The van der Waals surface area contributed by atoms with Gasteiger partial charge in [-0.2, -0.15) is 0 Å². The molecule has 1 saturated heterocycles. The van der Waals surface area contributed by atoms with Crippen molar-refractivity contribution in [2.75, 3.05) is 25.6 Å². The number of morpholine rings is 1. The lowest BCUT2D eigenvalue weighted by Crippen LogP contribution is -2.50. The van der Waals surface area contributed by atoms with Crippen LogP contribution in [-0.2, 0) is 9.53 Å². The van der Waals surface area contributed by atoms with Gasteiger partial charge >= 0.3 is 6.03 Å². The third kappa shape index (κ3) is 4.20. The van der Waals surface area contributed by atoms with Crippen LogP contribution in [0.25, 0.3) is 0 Å². The van der Waals surface area contributed by atoms with Gasteiger partial charge in [0.25, 0.3) is 0 Å². The Bertz CT molecular complexity index is 559. The first-order valence-electron chi connectivity index (χ1n) is 7.58. The predicted octanol–water partition coefficient (Wildman–Crippen LogP) is 1.11. The molecule has 0 saturated carbocycles. The minimum atomic E-state index is -0.417. The van der Waals surface area contributed by atoms with Gasteiger partial charge in [0.2, 0.25) is 5.91 Å². The van der Waals surface area contributed by atoms with Crippen molar-refractivity contribution in [3.63, 3.8) is 0 Å². The maximum Gasteiger partial charge on any atom is 0.319 e. The number of hydrogen-bond donors (Lipinski definition) is 3. The van der Waals surface area contributed by atoms with Crippen LogP contribution >= 0.6 is 0 Å². The van der Waals surface area contributed by atoms with Crippen LogP contribution in [0.3, 0.4) is 0 Å². The number of hydrogen-bond acceptors (Lipinski definition) is 4. The molecule has 1 aromatic rings. The molecule has 0 radical (unpaired) electrons. The van der Waals surface area contributed by atoms with Crippen LogP contribution in [0.2, 0.25) is 0 Å². The highest BCUT2D eigenvalue weighted by atomic mass is 16.5. The van der Waals surface area contributed by atoms with Crippen LogP contribution in [0.1, 0.15) is 25.5 Å². The monoisotopic (exact) mass is 321 g/mol. The number of ether oxygens (including phenoxy) is 1. The molecule has 0 spiro atoms. The molecule has 2 rings (SSSR count). The van der Waals surface area contributed by atoms with Gasteiger partial charge < -0.3 is 25.4 Å². The van der Waals surface area contributed by atoms with Crippen molar-refractivity contribution in [1.82, 2.24) is 10.2 Å². The lowest BCUT2D eigenvalue weighted by molar-refractivity contribution is -0.157. The quantitative estimate of drug-likeness (QED) is 0.775. The highest BCUT2D eigenvalue weighted by Crippen LogP contribution is 2.28. The Hall–Kier alpha value is -2.12. The number of anilines is 1. The molecule has 0 aromatic heterocycles. The van der Waals surface area contributed by atoms with Crippen LogP contribution in [0.15, 0.2) is 24.3 Å². The summed E-state index contributed by atoms with van der Waals surface area (Å²) < 4.78 is 5.57. The SMILES string of the molecule is CC(C)NC(=O)Nc1ccc([C@H]2OCC(=O)N(C)[C@@H]2CO)cc1. The molecular weight excluding hydrogens is 298 g/mol. The fourth-order valence-electron chi connectivity index (χ4n) is 2.48. The van der Waals surface area contributed by atoms with Crippen molar-refractivity contribution in [2.45, 2.75) is 32.0 Å². The maximum absolute atomic E-state index is 11.7. The second kappa shape index (κ2) is 7.43. The highest BCUT2D eigenvalue weighted by Gasteiger charge is 2.34. The number of carbonyl (C=O) groups is 2. The van der Waals surface area contributed by atoms with Gasteiger partial charge in [-0.15, -0.1) is 0 Å². The predicted molar refractivity (Wildman–Crippen MR) is 86.1 cm³/mol. The van der Waals surface area contributed by atoms with Crippen molar-refractivity contribution in [3.8, 4) is 0 Å². The zero-order valence-electron chi connectivity index (χ0n) is 13.6. The van der Waals surface area contributed by atoms with E-state index >= 15 is 0 Å². The molecular formula is C16H23N3O4. The van der Waals surface area contributed by atoms with E-state index in [4.69, 9.17) is 4.74 Å². The Morgan fingerprint density at radius 2 is 2.04 bits per heavy atom. The summed E-state index contributed by atoms with van der Waals surface area (Å²) >= 11 is 0. The first-order valence-corrected chi connectivity index (χ1v) is 7.58. The number of nitrogens with zero attached hydrogens (tertiary/aromatic N) is 1. The second-order valence-corrected chi connectivity index (χ2v) is 5.86. The minimum Gasteiger partial charge on any atom is -0.394 e. The number of aliphatic hydroxyl groups excluding tert-OH is 1. The van der Waals surface area contributed by atoms with Crippen molar-refractivity contribution >= 4 is 17.6 Å². The van der Waals surface area contributed by atoms with Gasteiger partial charge in [0, 0.05) is 18.8 Å². The first kappa shape index (κ1) is 17.2. The molecule has 1 aliphatic rings. The zero-order chi connectivity index (χ0) is 17.0. The Balaban J connectivity index is 2.06. The fourth-order valence-corrected chi connectivity index (χ4v) is 2.48. The summed E-state index contributed by atoms with van der Waals surface area (Å²) in [5, 5.41) is 15.0. The van der Waals surface area contributed by atoms with E-state index in [1.165, 1.54) is 4.90 Å². The van der Waals surface area contributed by atoms with Crippen LogP contribution in [0, 0.1) is 0 Å². The van der Waals surface area contributed by atoms with Crippen molar-refractivity contribution in [2.24, 2.45) is 0 Å². The molecule has 2 atom stereocenters. The Morgan fingerprint density at radius 3 is 2.61 bits per heavy atom. The van der Waals surface area contributed by atoms with E-state index in [0.29, 0.717) is 5.69 Å². The van der Waals surface area contributed by atoms with E-state index in [1.54, 1.807) is 19.2 Å². The number of nitrogens with one attached hydrogen (secondary N) is 2. The number of rotatable bonds is 4. The molecule has 0 aliphatic carbocycles. The van der Waals surface area contributed by atoms with Crippen molar-refractivity contribution < 1.29 is 19.4 Å². The van der Waals surface area contributed by atoms with Crippen LogP contribution < -0.4 is 10.6 Å². The number of amides is 3. The van der Waals surface area contributed by atoms with E-state index in [1.807, 2.05) is 26.0 Å². The molecule has 7 heteroatoms. The Morgan fingerprint density at radius 1 is 1.39 bits per heavy atom. The average molecular weight is 321 g/mol. The third-order valence-electron chi connectivity index (χ3n) is 3.73. The maximum atomic E-state index is 11.7. The van der Waals surface area contributed by atoms with Gasteiger partial charge in [0.1, 0.15) is 12.7 Å². The summed E-state index contributed by atoms with van der Waals surface area (Å²) in [5.74, 6) is -0.149. The van der Waals surface area contributed by atoms with Crippen LogP contribution in [0.5, 0.6) is 0 Å². The molecule has 1 heterocycles. The molecule has 1 aromatic carbocycles. The van der Waals surface area contributed by atoms with E-state index in [9.17, 15) is 14.7 Å². The summed E-state index contributed by atoms with van der Waals surface area (Å²) in [7, 11) is 1.66. The summed E-state index contributed by atoms with van der Waals surface area (Å²) in [5.41, 5.74) is 1.51. The minimum absolute atomic E-state index is 0.00549. The highest BCUT2D eigenvalue weighted by molar-refractivity contribution is 5.89. The Kier molecular flexibility index (Phi) is 5.57. The van der Waals surface area contributed by atoms with E-state index < -0.39 is 6.04 Å². The molecule has 1 aliphatic heterocycles. The molecule has 7 nitrogen and oxygen atoms in total. The van der Waals surface area contributed by atoms with Crippen LogP contribution in [-0.4, -0.2) is 54.3 Å². The normalized spacial score (nSPS) is 21.4. The molecule has 3 amide bonds. The van der Waals surface area contributed by atoms with E-state index in [0.717, 1.165) is 5.56 Å². The topological polar surface area (TPSA) is 90.9 Å². The van der Waals surface area contributed by atoms with Gasteiger partial charge in [-0.3, -0.25) is 4.79 Å². The van der Waals surface area contributed by atoms with Gasteiger partial charge in [-0.1, -0.05) is 12.1 Å². The lowest BCUT2D eigenvalue weighted by atomic mass is 9.99. The average Bonchev–Trinajstić information content (AvgIpc) is 2.50. The van der Waals surface area contributed by atoms with E-state index in [2.05, 4.69) is 10.6 Å². The fraction of sp³-hybridized carbons (Fsp3) is 0.500. The van der Waals surface area contributed by atoms with Gasteiger partial charge in [0.05, 0.1) is 12.6 Å². The van der Waals surface area contributed by atoms with Gasteiger partial charge in [-0.05, 0) is 31.5 Å². The largest absolute Gasteiger partial charge is 0.394 e. The number of likely N-dealkylation sites (N-methyl/N-ethyl adjacent to an activating group) is 1. The molecule has 0 bridgehead atoms. The second-order valence-electron chi connectivity index (χ2n) is 5.86. The van der Waals surface area contributed by atoms with Crippen molar-refractivity contribution in [1.29, 1.82) is 0 Å². The summed E-state index contributed by atoms with van der Waals surface area (Å²) in [6.07, 6.45) is -0.388. The zero-order valence-corrected chi connectivity index (χ0v) is 13.6. The third-order valence-corrected chi connectivity index (χ3v) is 3.73. The smallest absolute Gasteiger partial charge is 0.319 e. The first-order chi connectivity index (χ1) is 10.9. The van der Waals surface area contributed by atoms with E-state index in [-0.39, 0.29) is 37.3 Å². The number of urea groups is 1. The summed E-state index contributed by atoms with van der Waals surface area (Å²) in [4.78, 5) is 24.8. The van der Waals surface area contributed by atoms with Gasteiger partial charge in [-0.25, -0.2) is 4.79 Å². The molecule has 0 unspecified atom stereocenters. The number of benzene rings is 1. The molecule has 1 fully saturated rings. The molecule has 3 N–H and O–H groups in total. The molecule has 126 valence electrons. The number of aliphatic hydroxyl groups is 1. The lowest BCUT2D eigenvalue weighted by Gasteiger charge is -2.38. The Labute approximate surface area is 135 Å². The van der Waals surface area contributed by atoms with Crippen LogP contribution in [0.4, 0.5) is 10.5 Å².